The van der Waals surface area contributed by atoms with Crippen molar-refractivity contribution in [2.24, 2.45) is 0 Å². The molecule has 1 N–H and O–H groups in total. The van der Waals surface area contributed by atoms with E-state index in [1.807, 2.05) is 0 Å². The molecule has 0 saturated heterocycles. The molecule has 0 aliphatic carbocycles. The summed E-state index contributed by atoms with van der Waals surface area (Å²) in [6, 6.07) is 3.82. The number of hydrogen-bond acceptors (Lipinski definition) is 4. The van der Waals surface area contributed by atoms with E-state index in [4.69, 9.17) is 11.6 Å². The molecule has 3 aromatic rings. The number of alkyl halides is 2. The lowest BCUT2D eigenvalue weighted by Crippen LogP contribution is -2.43. The molecule has 1 aliphatic rings. The molecule has 1 unspecified atom stereocenters. The third-order valence-electron chi connectivity index (χ3n) is 4.19. The van der Waals surface area contributed by atoms with E-state index in [-0.39, 0.29) is 12.4 Å². The number of hydrogen-bond donors (Lipinski definition) is 1. The average Bonchev–Trinajstić information content (AvgIpc) is 3.16. The average molecular weight is 383 g/mol. The van der Waals surface area contributed by atoms with Crippen LogP contribution in [-0.4, -0.2) is 38.7 Å². The van der Waals surface area contributed by atoms with Crippen molar-refractivity contribution in [3.05, 3.63) is 44.6 Å². The second-order valence-electron chi connectivity index (χ2n) is 5.79. The minimum absolute atomic E-state index is 0.0124. The number of thiazole rings is 1. The Bertz CT molecular complexity index is 970. The van der Waals surface area contributed by atoms with Crippen LogP contribution in [0.15, 0.2) is 18.2 Å². The monoisotopic (exact) mass is 382 g/mol. The molecular formula is C16H13ClF2N4OS. The van der Waals surface area contributed by atoms with Crippen molar-refractivity contribution in [2.45, 2.75) is 25.8 Å². The van der Waals surface area contributed by atoms with Crippen LogP contribution in [0, 0.1) is 6.92 Å². The van der Waals surface area contributed by atoms with Crippen molar-refractivity contribution in [3.8, 4) is 0 Å². The number of rotatable bonds is 2. The normalized spacial score (nSPS) is 17.3. The number of aromatic nitrogens is 3. The summed E-state index contributed by atoms with van der Waals surface area (Å²) in [6.45, 7) is 1.95. The van der Waals surface area contributed by atoms with Crippen LogP contribution in [0.3, 0.4) is 0 Å². The summed E-state index contributed by atoms with van der Waals surface area (Å²) in [5.41, 5.74) is 1.70. The fraction of sp³-hybridized carbons (Fsp3) is 0.312. The summed E-state index contributed by atoms with van der Waals surface area (Å²) in [7, 11) is 0. The number of aromatic amines is 1. The van der Waals surface area contributed by atoms with Crippen LogP contribution in [0.25, 0.3) is 11.0 Å². The van der Waals surface area contributed by atoms with Gasteiger partial charge in [-0.05, 0) is 19.1 Å². The highest BCUT2D eigenvalue weighted by Gasteiger charge is 2.40. The number of carbonyl (C=O) groups excluding carboxylic acids is 1. The number of amides is 1. The molecule has 1 aromatic carbocycles. The fourth-order valence-electron chi connectivity index (χ4n) is 3.12. The van der Waals surface area contributed by atoms with Crippen molar-refractivity contribution >= 4 is 39.9 Å². The Morgan fingerprint density at radius 1 is 1.44 bits per heavy atom. The lowest BCUT2D eigenvalue weighted by Gasteiger charge is -2.33. The summed E-state index contributed by atoms with van der Waals surface area (Å²) < 4.78 is 27.5. The summed E-state index contributed by atoms with van der Waals surface area (Å²) in [6.07, 6.45) is -2.24. The maximum Gasteiger partial charge on any atom is 0.290 e. The van der Waals surface area contributed by atoms with Gasteiger partial charge >= 0.3 is 0 Å². The minimum Gasteiger partial charge on any atom is -0.334 e. The number of halogens is 3. The van der Waals surface area contributed by atoms with E-state index >= 15 is 0 Å². The quantitative estimate of drug-likeness (QED) is 0.729. The zero-order valence-corrected chi connectivity index (χ0v) is 14.7. The molecule has 4 rings (SSSR count). The fourth-order valence-corrected chi connectivity index (χ4v) is 4.42. The number of nitrogens with one attached hydrogen (secondary N) is 1. The van der Waals surface area contributed by atoms with Crippen LogP contribution in [-0.2, 0) is 6.42 Å². The number of imidazole rings is 1. The van der Waals surface area contributed by atoms with E-state index in [0.717, 1.165) is 5.01 Å². The first-order chi connectivity index (χ1) is 12.0. The second kappa shape index (κ2) is 6.03. The highest BCUT2D eigenvalue weighted by molar-refractivity contribution is 7.11. The summed E-state index contributed by atoms with van der Waals surface area (Å²) >= 11 is 7.29. The van der Waals surface area contributed by atoms with E-state index in [2.05, 4.69) is 15.0 Å². The first-order valence-corrected chi connectivity index (χ1v) is 8.84. The third-order valence-corrected chi connectivity index (χ3v) is 5.58. The predicted molar refractivity (Wildman–Crippen MR) is 91.4 cm³/mol. The Balaban J connectivity index is 1.74. The smallest absolute Gasteiger partial charge is 0.290 e. The minimum atomic E-state index is -2.70. The van der Waals surface area contributed by atoms with E-state index in [9.17, 15) is 13.6 Å². The third kappa shape index (κ3) is 2.69. The zero-order chi connectivity index (χ0) is 17.7. The molecular weight excluding hydrogens is 370 g/mol. The SMILES string of the molecule is Cc1nc2c(s1)C(C(F)F)N(C(=O)c1nc3c(Cl)cccc3[nH]1)CC2. The summed E-state index contributed by atoms with van der Waals surface area (Å²) in [5, 5.41) is 1.12. The lowest BCUT2D eigenvalue weighted by molar-refractivity contribution is 0.0170. The Hall–Kier alpha value is -2.06. The Morgan fingerprint density at radius 2 is 2.24 bits per heavy atom. The van der Waals surface area contributed by atoms with Crippen LogP contribution in [0.1, 0.15) is 32.2 Å². The summed E-state index contributed by atoms with van der Waals surface area (Å²) in [4.78, 5) is 25.9. The Morgan fingerprint density at radius 3 is 2.96 bits per heavy atom. The maximum absolute atomic E-state index is 13.7. The van der Waals surface area contributed by atoms with Gasteiger partial charge in [-0.1, -0.05) is 17.7 Å². The van der Waals surface area contributed by atoms with Crippen molar-refractivity contribution < 1.29 is 13.6 Å². The van der Waals surface area contributed by atoms with Gasteiger partial charge in [-0.2, -0.15) is 0 Å². The molecule has 0 spiro atoms. The van der Waals surface area contributed by atoms with Crippen LogP contribution in [0.4, 0.5) is 8.78 Å². The number of benzene rings is 1. The van der Waals surface area contributed by atoms with Gasteiger partial charge in [0.1, 0.15) is 11.6 Å². The summed E-state index contributed by atoms with van der Waals surface area (Å²) in [5.74, 6) is -0.548. The van der Waals surface area contributed by atoms with Crippen LogP contribution in [0.5, 0.6) is 0 Å². The van der Waals surface area contributed by atoms with Gasteiger partial charge in [0.2, 0.25) is 0 Å². The van der Waals surface area contributed by atoms with Gasteiger partial charge in [0.05, 0.1) is 26.1 Å². The van der Waals surface area contributed by atoms with Gasteiger partial charge in [0, 0.05) is 13.0 Å². The molecule has 130 valence electrons. The number of nitrogens with zero attached hydrogens (tertiary/aromatic N) is 3. The van der Waals surface area contributed by atoms with Crippen molar-refractivity contribution in [1.29, 1.82) is 0 Å². The second-order valence-corrected chi connectivity index (χ2v) is 7.44. The topological polar surface area (TPSA) is 61.9 Å². The van der Waals surface area contributed by atoms with Crippen molar-refractivity contribution in [2.75, 3.05) is 6.54 Å². The van der Waals surface area contributed by atoms with Crippen LogP contribution >= 0.6 is 22.9 Å². The van der Waals surface area contributed by atoms with Gasteiger partial charge in [0.25, 0.3) is 12.3 Å². The molecule has 0 saturated carbocycles. The first-order valence-electron chi connectivity index (χ1n) is 7.65. The van der Waals surface area contributed by atoms with Crippen molar-refractivity contribution in [1.82, 2.24) is 19.9 Å². The Labute approximate surface area is 150 Å². The number of aryl methyl sites for hydroxylation is 1. The maximum atomic E-state index is 13.7. The first kappa shape index (κ1) is 16.4. The highest BCUT2D eigenvalue weighted by atomic mass is 35.5. The van der Waals surface area contributed by atoms with E-state index in [1.165, 1.54) is 16.2 Å². The van der Waals surface area contributed by atoms with Crippen LogP contribution in [0.2, 0.25) is 5.02 Å². The molecule has 3 heterocycles. The Kier molecular flexibility index (Phi) is 3.96. The zero-order valence-electron chi connectivity index (χ0n) is 13.1. The number of fused-ring (bicyclic) bond motifs is 2. The molecule has 0 fully saturated rings. The van der Waals surface area contributed by atoms with Gasteiger partial charge < -0.3 is 9.88 Å². The van der Waals surface area contributed by atoms with Crippen LogP contribution < -0.4 is 0 Å². The molecule has 9 heteroatoms. The molecule has 1 atom stereocenters. The number of carbonyl (C=O) groups is 1. The van der Waals surface area contributed by atoms with E-state index in [1.54, 1.807) is 25.1 Å². The molecule has 1 amide bonds. The molecule has 5 nitrogen and oxygen atoms in total. The van der Waals surface area contributed by atoms with Gasteiger partial charge in [-0.15, -0.1) is 11.3 Å². The van der Waals surface area contributed by atoms with Crippen molar-refractivity contribution in [3.63, 3.8) is 0 Å². The largest absolute Gasteiger partial charge is 0.334 e. The molecule has 1 aliphatic heterocycles. The molecule has 25 heavy (non-hydrogen) atoms. The van der Waals surface area contributed by atoms with E-state index in [0.29, 0.717) is 33.0 Å². The number of para-hydroxylation sites is 1. The van der Waals surface area contributed by atoms with Gasteiger partial charge in [-0.25, -0.2) is 18.7 Å². The molecule has 2 aromatic heterocycles. The molecule has 0 radical (unpaired) electrons. The lowest BCUT2D eigenvalue weighted by atomic mass is 10.1. The van der Waals surface area contributed by atoms with E-state index < -0.39 is 18.4 Å². The predicted octanol–water partition coefficient (Wildman–Crippen LogP) is 3.99. The number of H-pyrrole nitrogens is 1. The molecule has 0 bridgehead atoms. The highest BCUT2D eigenvalue weighted by Crippen LogP contribution is 2.38. The van der Waals surface area contributed by atoms with Gasteiger partial charge in [0.15, 0.2) is 5.82 Å². The standard InChI is InChI=1S/C16H13ClF2N4OS/c1-7-20-10-5-6-23(12(14(18)19)13(10)25-7)16(24)15-21-9-4-2-3-8(17)11(9)22-15/h2-4,12,14H,5-6H2,1H3,(H,21,22). The van der Waals surface area contributed by atoms with Gasteiger partial charge in [-0.3, -0.25) is 4.79 Å².